The van der Waals surface area contributed by atoms with Crippen LogP contribution in [0.25, 0.3) is 0 Å². The second-order valence-electron chi connectivity index (χ2n) is 4.72. The Morgan fingerprint density at radius 2 is 2.05 bits per heavy atom. The van der Waals surface area contributed by atoms with Gasteiger partial charge in [0.2, 0.25) is 0 Å². The number of nitrogens with zero attached hydrogens (tertiary/aromatic N) is 1. The van der Waals surface area contributed by atoms with Gasteiger partial charge in [-0.05, 0) is 36.2 Å². The highest BCUT2D eigenvalue weighted by Gasteiger charge is 2.09. The summed E-state index contributed by atoms with van der Waals surface area (Å²) in [6, 6.07) is 12.2. The van der Waals surface area contributed by atoms with Crippen LogP contribution in [0.1, 0.15) is 18.1 Å². The molecule has 116 valence electrons. The molecule has 2 aromatic carbocycles. The van der Waals surface area contributed by atoms with Crippen molar-refractivity contribution in [2.75, 3.05) is 6.61 Å². The van der Waals surface area contributed by atoms with Gasteiger partial charge < -0.3 is 10.1 Å². The van der Waals surface area contributed by atoms with E-state index in [0.29, 0.717) is 30.3 Å². The zero-order valence-corrected chi connectivity index (χ0v) is 13.0. The highest BCUT2D eigenvalue weighted by molar-refractivity contribution is 6.31. The Morgan fingerprint density at radius 1 is 1.23 bits per heavy atom. The molecule has 0 bridgehead atoms. The molecule has 0 aliphatic carbocycles. The second kappa shape index (κ2) is 7.77. The van der Waals surface area contributed by atoms with Crippen LogP contribution in [0, 0.1) is 10.1 Å². The monoisotopic (exact) mass is 320 g/mol. The van der Waals surface area contributed by atoms with Crippen LogP contribution >= 0.6 is 11.6 Å². The van der Waals surface area contributed by atoms with Crippen molar-refractivity contribution in [3.8, 4) is 5.75 Å². The summed E-state index contributed by atoms with van der Waals surface area (Å²) < 4.78 is 5.45. The van der Waals surface area contributed by atoms with E-state index in [-0.39, 0.29) is 5.69 Å². The molecule has 0 spiro atoms. The Morgan fingerprint density at radius 3 is 2.77 bits per heavy atom. The first-order valence-electron chi connectivity index (χ1n) is 6.95. The molecule has 6 heteroatoms. The predicted octanol–water partition coefficient (Wildman–Crippen LogP) is 3.94. The van der Waals surface area contributed by atoms with Gasteiger partial charge in [-0.2, -0.15) is 0 Å². The third kappa shape index (κ3) is 4.44. The zero-order valence-electron chi connectivity index (χ0n) is 12.2. The molecule has 2 rings (SSSR count). The fourth-order valence-corrected chi connectivity index (χ4v) is 2.25. The molecule has 0 atom stereocenters. The molecule has 0 fully saturated rings. The lowest BCUT2D eigenvalue weighted by molar-refractivity contribution is -0.384. The van der Waals surface area contributed by atoms with E-state index in [2.05, 4.69) is 5.32 Å². The third-order valence-electron chi connectivity index (χ3n) is 3.09. The van der Waals surface area contributed by atoms with E-state index in [1.165, 1.54) is 12.1 Å². The van der Waals surface area contributed by atoms with Gasteiger partial charge in [0.05, 0.1) is 11.5 Å². The fraction of sp³-hybridized carbons (Fsp3) is 0.250. The summed E-state index contributed by atoms with van der Waals surface area (Å²) >= 11 is 6.07. The molecule has 0 saturated carbocycles. The van der Waals surface area contributed by atoms with Crippen molar-refractivity contribution in [1.82, 2.24) is 5.32 Å². The van der Waals surface area contributed by atoms with Gasteiger partial charge >= 0.3 is 0 Å². The summed E-state index contributed by atoms with van der Waals surface area (Å²) in [7, 11) is 0. The Bertz CT molecular complexity index is 662. The number of hydrogen-bond donors (Lipinski definition) is 1. The average Bonchev–Trinajstić information content (AvgIpc) is 2.49. The molecule has 1 N–H and O–H groups in total. The highest BCUT2D eigenvalue weighted by Crippen LogP contribution is 2.22. The van der Waals surface area contributed by atoms with Crippen LogP contribution in [0.4, 0.5) is 5.69 Å². The van der Waals surface area contributed by atoms with Gasteiger partial charge in [-0.15, -0.1) is 0 Å². The molecular weight excluding hydrogens is 304 g/mol. The topological polar surface area (TPSA) is 64.4 Å². The minimum Gasteiger partial charge on any atom is -0.494 e. The highest BCUT2D eigenvalue weighted by atomic mass is 35.5. The summed E-state index contributed by atoms with van der Waals surface area (Å²) in [5, 5.41) is 14.5. The number of nitro groups is 1. The molecule has 0 saturated heterocycles. The Kier molecular flexibility index (Phi) is 5.75. The van der Waals surface area contributed by atoms with E-state index in [4.69, 9.17) is 16.3 Å². The lowest BCUT2D eigenvalue weighted by Crippen LogP contribution is -2.13. The van der Waals surface area contributed by atoms with Crippen molar-refractivity contribution in [2.45, 2.75) is 20.0 Å². The van der Waals surface area contributed by atoms with Crippen molar-refractivity contribution in [1.29, 1.82) is 0 Å². The van der Waals surface area contributed by atoms with Crippen molar-refractivity contribution < 1.29 is 9.66 Å². The van der Waals surface area contributed by atoms with E-state index in [9.17, 15) is 10.1 Å². The van der Waals surface area contributed by atoms with Crippen LogP contribution < -0.4 is 10.1 Å². The third-order valence-corrected chi connectivity index (χ3v) is 3.46. The molecule has 0 heterocycles. The first-order valence-corrected chi connectivity index (χ1v) is 7.33. The molecule has 2 aromatic rings. The summed E-state index contributed by atoms with van der Waals surface area (Å²) in [4.78, 5) is 10.4. The number of nitrogens with one attached hydrogen (secondary N) is 1. The number of ether oxygens (including phenoxy) is 1. The maximum Gasteiger partial charge on any atom is 0.269 e. The maximum absolute atomic E-state index is 10.8. The fourth-order valence-electron chi connectivity index (χ4n) is 2.06. The number of nitro benzene ring substituents is 1. The van der Waals surface area contributed by atoms with Gasteiger partial charge in [-0.1, -0.05) is 23.7 Å². The summed E-state index contributed by atoms with van der Waals surface area (Å²) in [5.74, 6) is 0.829. The van der Waals surface area contributed by atoms with Crippen LogP contribution in [-0.2, 0) is 13.1 Å². The van der Waals surface area contributed by atoms with Gasteiger partial charge in [-0.3, -0.25) is 10.1 Å². The van der Waals surface area contributed by atoms with Crippen LogP contribution in [0.15, 0.2) is 42.5 Å². The van der Waals surface area contributed by atoms with Gasteiger partial charge in [0.25, 0.3) is 5.69 Å². The number of benzene rings is 2. The Balaban J connectivity index is 1.97. The van der Waals surface area contributed by atoms with Gasteiger partial charge in [-0.25, -0.2) is 0 Å². The van der Waals surface area contributed by atoms with Gasteiger partial charge in [0.1, 0.15) is 5.75 Å². The molecular formula is C16H17ClN2O3. The maximum atomic E-state index is 10.8. The van der Waals surface area contributed by atoms with Gasteiger partial charge in [0.15, 0.2) is 0 Å². The lowest BCUT2D eigenvalue weighted by atomic mass is 10.2. The number of rotatable bonds is 7. The summed E-state index contributed by atoms with van der Waals surface area (Å²) in [6.07, 6.45) is 0. The molecule has 0 amide bonds. The van der Waals surface area contributed by atoms with Gasteiger partial charge in [0, 0.05) is 30.2 Å². The Hall–Kier alpha value is -2.11. The SMILES string of the molecule is CCOc1cccc(CNCc2cc([N+](=O)[O-])ccc2Cl)c1. The van der Waals surface area contributed by atoms with Crippen molar-refractivity contribution in [3.63, 3.8) is 0 Å². The number of hydrogen-bond acceptors (Lipinski definition) is 4. The molecule has 22 heavy (non-hydrogen) atoms. The predicted molar refractivity (Wildman–Crippen MR) is 86.3 cm³/mol. The molecule has 5 nitrogen and oxygen atoms in total. The molecule has 0 radical (unpaired) electrons. The average molecular weight is 321 g/mol. The van der Waals surface area contributed by atoms with E-state index >= 15 is 0 Å². The van der Waals surface area contributed by atoms with Crippen molar-refractivity contribution >= 4 is 17.3 Å². The van der Waals surface area contributed by atoms with Crippen molar-refractivity contribution in [2.24, 2.45) is 0 Å². The quantitative estimate of drug-likeness (QED) is 0.620. The minimum atomic E-state index is -0.425. The smallest absolute Gasteiger partial charge is 0.269 e. The standard InChI is InChI=1S/C16H17ClN2O3/c1-2-22-15-5-3-4-12(8-15)10-18-11-13-9-14(19(20)21)6-7-16(13)17/h3-9,18H,2,10-11H2,1H3. The minimum absolute atomic E-state index is 0.0412. The first-order chi connectivity index (χ1) is 10.6. The molecule has 0 unspecified atom stereocenters. The normalized spacial score (nSPS) is 10.5. The van der Waals surface area contributed by atoms with E-state index in [1.54, 1.807) is 6.07 Å². The lowest BCUT2D eigenvalue weighted by Gasteiger charge is -2.09. The van der Waals surface area contributed by atoms with Crippen LogP contribution in [0.5, 0.6) is 5.75 Å². The molecule has 0 aliphatic heterocycles. The summed E-state index contributed by atoms with van der Waals surface area (Å²) in [5.41, 5.74) is 1.82. The first kappa shape index (κ1) is 16.3. The van der Waals surface area contributed by atoms with Crippen LogP contribution in [-0.4, -0.2) is 11.5 Å². The van der Waals surface area contributed by atoms with Crippen LogP contribution in [0.3, 0.4) is 0 Å². The van der Waals surface area contributed by atoms with Crippen LogP contribution in [0.2, 0.25) is 5.02 Å². The van der Waals surface area contributed by atoms with Crippen molar-refractivity contribution in [3.05, 3.63) is 68.7 Å². The Labute approximate surface area is 134 Å². The van der Waals surface area contributed by atoms with E-state index in [0.717, 1.165) is 11.3 Å². The largest absolute Gasteiger partial charge is 0.494 e. The molecule has 0 aliphatic rings. The summed E-state index contributed by atoms with van der Waals surface area (Å²) in [6.45, 7) is 3.65. The molecule has 0 aromatic heterocycles. The van der Waals surface area contributed by atoms with E-state index in [1.807, 2.05) is 31.2 Å². The number of halogens is 1. The second-order valence-corrected chi connectivity index (χ2v) is 5.12. The zero-order chi connectivity index (χ0) is 15.9. The number of non-ortho nitro benzene ring substituents is 1. The van der Waals surface area contributed by atoms with E-state index < -0.39 is 4.92 Å².